The molecule has 0 atom stereocenters. The predicted molar refractivity (Wildman–Crippen MR) is 266 cm³/mol. The van der Waals surface area contributed by atoms with Gasteiger partial charge in [0.25, 0.3) is 0 Å². The Hall–Kier alpha value is -7.00. The number of hydrogen-bond acceptors (Lipinski definition) is 1. The third-order valence-corrected chi connectivity index (χ3v) is 16.2. The molecule has 300 valence electrons. The average molecular weight is 815 g/mol. The lowest BCUT2D eigenvalue weighted by Gasteiger charge is -2.33. The van der Waals surface area contributed by atoms with Crippen molar-refractivity contribution < 1.29 is 4.74 Å². The second kappa shape index (κ2) is 15.8. The molecule has 9 aromatic rings. The van der Waals surface area contributed by atoms with Crippen molar-refractivity contribution in [2.45, 2.75) is 39.3 Å². The average Bonchev–Trinajstić information content (AvgIpc) is 3.31. The van der Waals surface area contributed by atoms with Crippen LogP contribution in [-0.4, -0.2) is 8.07 Å². The van der Waals surface area contributed by atoms with Gasteiger partial charge < -0.3 is 4.74 Å². The molecule has 1 aliphatic heterocycles. The molecule has 0 bridgehead atoms. The Morgan fingerprint density at radius 1 is 0.323 bits per heavy atom. The highest BCUT2D eigenvalue weighted by Crippen LogP contribution is 2.56. The van der Waals surface area contributed by atoms with Crippen molar-refractivity contribution in [3.63, 3.8) is 0 Å². The fraction of sp³-hybridized carbons (Fsp3) is 0.100. The normalized spacial score (nSPS) is 12.9. The van der Waals surface area contributed by atoms with E-state index in [4.69, 9.17) is 4.74 Å². The lowest BCUT2D eigenvalue weighted by molar-refractivity contribution is 0.487. The maximum absolute atomic E-state index is 6.72. The fourth-order valence-electron chi connectivity index (χ4n) is 9.70. The first-order valence-corrected chi connectivity index (χ1v) is 24.8. The highest BCUT2D eigenvalue weighted by Gasteiger charge is 2.37. The van der Waals surface area contributed by atoms with Gasteiger partial charge in [-0.1, -0.05) is 228 Å². The molecule has 0 amide bonds. The molecular formula is C60H50OSi. The topological polar surface area (TPSA) is 9.23 Å². The molecule has 0 fully saturated rings. The van der Waals surface area contributed by atoms with Crippen molar-refractivity contribution in [2.75, 3.05) is 0 Å². The third kappa shape index (κ3) is 6.91. The quantitative estimate of drug-likeness (QED) is 0.146. The van der Waals surface area contributed by atoms with E-state index in [1.54, 1.807) is 0 Å². The molecule has 1 heterocycles. The number of rotatable bonds is 7. The molecule has 62 heavy (non-hydrogen) atoms. The molecule has 10 rings (SSSR count). The molecule has 0 saturated carbocycles. The van der Waals surface area contributed by atoms with Crippen molar-refractivity contribution in [1.29, 1.82) is 0 Å². The van der Waals surface area contributed by atoms with Gasteiger partial charge in [0.2, 0.25) is 0 Å². The zero-order valence-electron chi connectivity index (χ0n) is 36.1. The SMILES string of the molecule is CC(C)(C)c1cc(-c2c(-c3ccccc3)c(-c3ccccc3)c(-c3ccccc3)c(-c3ccccc3)c2-c2ccccc2)ccc1-c1ccc2c(c1)Oc1ccccc1[Si]2(C)C. The Morgan fingerprint density at radius 3 is 1.10 bits per heavy atom. The van der Waals surface area contributed by atoms with Gasteiger partial charge in [0.05, 0.1) is 0 Å². The molecule has 1 aliphatic rings. The summed E-state index contributed by atoms with van der Waals surface area (Å²) in [6, 6.07) is 77.9. The summed E-state index contributed by atoms with van der Waals surface area (Å²) in [5.74, 6) is 1.97. The van der Waals surface area contributed by atoms with Gasteiger partial charge in [-0.2, -0.15) is 0 Å². The van der Waals surface area contributed by atoms with Crippen molar-refractivity contribution in [1.82, 2.24) is 0 Å². The van der Waals surface area contributed by atoms with Crippen LogP contribution >= 0.6 is 0 Å². The third-order valence-electron chi connectivity index (χ3n) is 12.7. The summed E-state index contributed by atoms with van der Waals surface area (Å²) < 4.78 is 6.72. The van der Waals surface area contributed by atoms with Crippen LogP contribution in [0.25, 0.3) is 77.9 Å². The minimum Gasteiger partial charge on any atom is -0.458 e. The maximum Gasteiger partial charge on any atom is 0.127 e. The molecule has 0 saturated heterocycles. The van der Waals surface area contributed by atoms with Crippen LogP contribution < -0.4 is 15.1 Å². The number of para-hydroxylation sites is 1. The summed E-state index contributed by atoms with van der Waals surface area (Å²) in [6.45, 7) is 11.9. The first kappa shape index (κ1) is 39.2. The summed E-state index contributed by atoms with van der Waals surface area (Å²) in [4.78, 5) is 0. The fourth-order valence-corrected chi connectivity index (χ4v) is 12.5. The van der Waals surface area contributed by atoms with E-state index in [0.717, 1.165) is 11.5 Å². The highest BCUT2D eigenvalue weighted by atomic mass is 28.3. The molecule has 2 heteroatoms. The van der Waals surface area contributed by atoms with Crippen LogP contribution in [0.4, 0.5) is 0 Å². The van der Waals surface area contributed by atoms with Crippen LogP contribution in [-0.2, 0) is 5.41 Å². The first-order valence-electron chi connectivity index (χ1n) is 21.8. The monoisotopic (exact) mass is 814 g/mol. The largest absolute Gasteiger partial charge is 0.458 e. The molecule has 0 radical (unpaired) electrons. The van der Waals surface area contributed by atoms with Crippen molar-refractivity contribution >= 4 is 18.4 Å². The van der Waals surface area contributed by atoms with E-state index in [0.29, 0.717) is 0 Å². The van der Waals surface area contributed by atoms with Gasteiger partial charge in [0.15, 0.2) is 0 Å². The van der Waals surface area contributed by atoms with Gasteiger partial charge in [0, 0.05) is 0 Å². The smallest absolute Gasteiger partial charge is 0.127 e. The van der Waals surface area contributed by atoms with Crippen LogP contribution in [0, 0.1) is 0 Å². The van der Waals surface area contributed by atoms with E-state index in [9.17, 15) is 0 Å². The lowest BCUT2D eigenvalue weighted by Crippen LogP contribution is -2.55. The van der Waals surface area contributed by atoms with Crippen LogP contribution in [0.2, 0.25) is 13.1 Å². The second-order valence-corrected chi connectivity index (χ2v) is 22.4. The highest BCUT2D eigenvalue weighted by molar-refractivity contribution is 7.01. The molecule has 0 aromatic heterocycles. The van der Waals surface area contributed by atoms with E-state index >= 15 is 0 Å². The summed E-state index contributed by atoms with van der Waals surface area (Å²) in [5.41, 5.74) is 17.9. The van der Waals surface area contributed by atoms with Crippen LogP contribution in [0.15, 0.2) is 212 Å². The summed E-state index contributed by atoms with van der Waals surface area (Å²) >= 11 is 0. The molecule has 9 aromatic carbocycles. The van der Waals surface area contributed by atoms with Crippen molar-refractivity contribution in [3.05, 3.63) is 218 Å². The minimum absolute atomic E-state index is 0.183. The lowest BCUT2D eigenvalue weighted by atomic mass is 9.73. The van der Waals surface area contributed by atoms with Gasteiger partial charge >= 0.3 is 0 Å². The van der Waals surface area contributed by atoms with Gasteiger partial charge in [0.1, 0.15) is 19.6 Å². The summed E-state index contributed by atoms with van der Waals surface area (Å²) in [7, 11) is -1.96. The van der Waals surface area contributed by atoms with E-state index in [1.165, 1.54) is 93.8 Å². The van der Waals surface area contributed by atoms with E-state index in [1.807, 2.05) is 0 Å². The molecule has 1 nitrogen and oxygen atoms in total. The van der Waals surface area contributed by atoms with Crippen LogP contribution in [0.5, 0.6) is 11.5 Å². The van der Waals surface area contributed by atoms with Gasteiger partial charge in [-0.05, 0) is 117 Å². The standard InChI is InChI=1S/C60H50OSi/c1-60(2,3)49-39-47(35-37-48(49)46-36-38-53-51(40-46)61-50-33-21-22-34-52(50)62(53,4)5)59-57(44-29-17-9-18-30-44)55(42-25-13-7-14-26-42)54(41-23-11-6-12-24-41)56(43-27-15-8-16-28-43)58(59)45-31-19-10-20-32-45/h6-40H,1-5H3. The zero-order chi connectivity index (χ0) is 42.4. The Kier molecular flexibility index (Phi) is 9.97. The van der Waals surface area contributed by atoms with Crippen molar-refractivity contribution in [2.24, 2.45) is 0 Å². The maximum atomic E-state index is 6.72. The number of fused-ring (bicyclic) bond motifs is 2. The predicted octanol–water partition coefficient (Wildman–Crippen LogP) is 15.6. The summed E-state index contributed by atoms with van der Waals surface area (Å²) in [6.07, 6.45) is 0. The number of benzene rings is 9. The molecule has 0 spiro atoms. The second-order valence-electron chi connectivity index (χ2n) is 18.0. The molecule has 0 unspecified atom stereocenters. The van der Waals surface area contributed by atoms with E-state index in [2.05, 4.69) is 246 Å². The Morgan fingerprint density at radius 2 is 0.677 bits per heavy atom. The molecule has 0 aliphatic carbocycles. The molecule has 0 N–H and O–H groups in total. The van der Waals surface area contributed by atoms with E-state index in [-0.39, 0.29) is 5.41 Å². The van der Waals surface area contributed by atoms with E-state index < -0.39 is 8.07 Å². The number of hydrogen-bond donors (Lipinski definition) is 0. The zero-order valence-corrected chi connectivity index (χ0v) is 37.1. The Bertz CT molecular complexity index is 2950. The van der Waals surface area contributed by atoms with Crippen molar-refractivity contribution in [3.8, 4) is 89.4 Å². The number of ether oxygens (including phenoxy) is 1. The van der Waals surface area contributed by atoms with Crippen LogP contribution in [0.1, 0.15) is 26.3 Å². The van der Waals surface area contributed by atoms with Crippen LogP contribution in [0.3, 0.4) is 0 Å². The minimum atomic E-state index is -1.96. The van der Waals surface area contributed by atoms with Gasteiger partial charge in [-0.15, -0.1) is 0 Å². The summed E-state index contributed by atoms with van der Waals surface area (Å²) in [5, 5.41) is 2.70. The van der Waals surface area contributed by atoms with Gasteiger partial charge in [-0.25, -0.2) is 0 Å². The first-order chi connectivity index (χ1) is 30.2. The Balaban J connectivity index is 1.33. The molecular weight excluding hydrogens is 765 g/mol. The van der Waals surface area contributed by atoms with Gasteiger partial charge in [-0.3, -0.25) is 0 Å². The Labute approximate surface area is 368 Å².